The Balaban J connectivity index is 2.17. The van der Waals surface area contributed by atoms with Gasteiger partial charge in [0.25, 0.3) is 0 Å². The van der Waals surface area contributed by atoms with Crippen molar-refractivity contribution in [2.75, 3.05) is 26.1 Å². The van der Waals surface area contributed by atoms with Gasteiger partial charge in [0.2, 0.25) is 11.8 Å². The molecule has 6 heteroatoms. The van der Waals surface area contributed by atoms with Crippen molar-refractivity contribution in [2.24, 2.45) is 0 Å². The van der Waals surface area contributed by atoms with E-state index >= 15 is 0 Å². The van der Waals surface area contributed by atoms with Gasteiger partial charge in [-0.05, 0) is 6.42 Å². The molecule has 1 heterocycles. The van der Waals surface area contributed by atoms with Crippen molar-refractivity contribution in [3.63, 3.8) is 0 Å². The second-order valence-electron chi connectivity index (χ2n) is 4.30. The van der Waals surface area contributed by atoms with Gasteiger partial charge in [0.05, 0.1) is 14.2 Å². The lowest BCUT2D eigenvalue weighted by Crippen LogP contribution is -2.04. The molecule has 2 aromatic rings. The van der Waals surface area contributed by atoms with Crippen LogP contribution in [0.5, 0.6) is 23.1 Å². The number of ether oxygens (including phenoxy) is 3. The van der Waals surface area contributed by atoms with Crippen LogP contribution in [0.2, 0.25) is 0 Å². The van der Waals surface area contributed by atoms with Gasteiger partial charge in [0.1, 0.15) is 17.2 Å². The Bertz CT molecular complexity index is 568. The fraction of sp³-hybridized carbons (Fsp3) is 0.333. The lowest BCUT2D eigenvalue weighted by Gasteiger charge is -2.10. The Hall–Kier alpha value is -2.50. The van der Waals surface area contributed by atoms with E-state index in [0.29, 0.717) is 29.1 Å². The summed E-state index contributed by atoms with van der Waals surface area (Å²) >= 11 is 0. The third-order valence-corrected chi connectivity index (χ3v) is 2.71. The molecule has 0 spiro atoms. The van der Waals surface area contributed by atoms with Crippen LogP contribution in [0.4, 0.5) is 5.95 Å². The van der Waals surface area contributed by atoms with Gasteiger partial charge in [-0.15, -0.1) is 0 Å². The zero-order chi connectivity index (χ0) is 15.1. The molecule has 6 nitrogen and oxygen atoms in total. The fourth-order valence-corrected chi connectivity index (χ4v) is 1.68. The topological polar surface area (TPSA) is 65.5 Å². The smallest absolute Gasteiger partial charge is 0.225 e. The van der Waals surface area contributed by atoms with E-state index in [1.807, 2.05) is 0 Å². The summed E-state index contributed by atoms with van der Waals surface area (Å²) in [5.74, 6) is 2.90. The van der Waals surface area contributed by atoms with Crippen molar-refractivity contribution in [3.05, 3.63) is 30.5 Å². The first kappa shape index (κ1) is 14.9. The predicted octanol–water partition coefficient (Wildman–Crippen LogP) is 3.11. The molecular weight excluding hydrogens is 270 g/mol. The average Bonchev–Trinajstić information content (AvgIpc) is 2.52. The summed E-state index contributed by atoms with van der Waals surface area (Å²) in [7, 11) is 3.19. The highest BCUT2D eigenvalue weighted by Crippen LogP contribution is 2.30. The minimum atomic E-state index is 0.457. The summed E-state index contributed by atoms with van der Waals surface area (Å²) in [6.07, 6.45) is 2.65. The van der Waals surface area contributed by atoms with Crippen LogP contribution in [-0.4, -0.2) is 30.7 Å². The molecule has 0 atom stereocenters. The third-order valence-electron chi connectivity index (χ3n) is 2.71. The van der Waals surface area contributed by atoms with Crippen LogP contribution in [-0.2, 0) is 0 Å². The molecule has 1 aromatic carbocycles. The molecule has 0 radical (unpaired) electrons. The molecule has 2 rings (SSSR count). The van der Waals surface area contributed by atoms with E-state index in [0.717, 1.165) is 13.0 Å². The highest BCUT2D eigenvalue weighted by molar-refractivity contribution is 5.43. The minimum absolute atomic E-state index is 0.457. The first-order valence-corrected chi connectivity index (χ1v) is 6.73. The van der Waals surface area contributed by atoms with Crippen LogP contribution in [0.3, 0.4) is 0 Å². The minimum Gasteiger partial charge on any atom is -0.496 e. The van der Waals surface area contributed by atoms with Crippen LogP contribution >= 0.6 is 0 Å². The van der Waals surface area contributed by atoms with Crippen LogP contribution in [0.25, 0.3) is 0 Å². The molecule has 0 amide bonds. The molecule has 0 aliphatic heterocycles. The number of methoxy groups -OCH3 is 2. The van der Waals surface area contributed by atoms with Gasteiger partial charge in [0, 0.05) is 37.0 Å². The Morgan fingerprint density at radius 3 is 2.33 bits per heavy atom. The third kappa shape index (κ3) is 4.24. The summed E-state index contributed by atoms with van der Waals surface area (Å²) in [4.78, 5) is 8.42. The van der Waals surface area contributed by atoms with Gasteiger partial charge < -0.3 is 19.5 Å². The molecule has 1 N–H and O–H groups in total. The molecular formula is C15H19N3O3. The molecule has 0 fully saturated rings. The van der Waals surface area contributed by atoms with Crippen LogP contribution in [0.15, 0.2) is 30.5 Å². The highest BCUT2D eigenvalue weighted by atomic mass is 16.5. The number of anilines is 1. The van der Waals surface area contributed by atoms with Gasteiger partial charge in [-0.1, -0.05) is 6.92 Å². The second kappa shape index (κ2) is 7.33. The fourth-order valence-electron chi connectivity index (χ4n) is 1.68. The predicted molar refractivity (Wildman–Crippen MR) is 80.4 cm³/mol. The van der Waals surface area contributed by atoms with E-state index in [1.54, 1.807) is 44.7 Å². The second-order valence-corrected chi connectivity index (χ2v) is 4.30. The monoisotopic (exact) mass is 289 g/mol. The number of nitrogens with one attached hydrogen (secondary N) is 1. The molecule has 0 unspecified atom stereocenters. The Labute approximate surface area is 124 Å². The molecule has 0 aliphatic rings. The first-order chi connectivity index (χ1) is 10.2. The van der Waals surface area contributed by atoms with E-state index in [1.165, 1.54) is 0 Å². The van der Waals surface area contributed by atoms with E-state index < -0.39 is 0 Å². The molecule has 112 valence electrons. The molecule has 0 bridgehead atoms. The van der Waals surface area contributed by atoms with Crippen molar-refractivity contribution >= 4 is 5.95 Å². The van der Waals surface area contributed by atoms with Crippen LogP contribution in [0.1, 0.15) is 13.3 Å². The molecule has 1 aromatic heterocycles. The van der Waals surface area contributed by atoms with E-state index in [4.69, 9.17) is 14.2 Å². The zero-order valence-electron chi connectivity index (χ0n) is 12.4. The van der Waals surface area contributed by atoms with Gasteiger partial charge in [-0.2, -0.15) is 4.98 Å². The summed E-state index contributed by atoms with van der Waals surface area (Å²) in [5.41, 5.74) is 0. The van der Waals surface area contributed by atoms with Gasteiger partial charge in [0.15, 0.2) is 0 Å². The number of hydrogen-bond donors (Lipinski definition) is 1. The average molecular weight is 289 g/mol. The molecule has 0 saturated carbocycles. The van der Waals surface area contributed by atoms with Crippen molar-refractivity contribution in [2.45, 2.75) is 13.3 Å². The summed E-state index contributed by atoms with van der Waals surface area (Å²) in [5, 5.41) is 3.11. The van der Waals surface area contributed by atoms with Crippen LogP contribution < -0.4 is 19.5 Å². The largest absolute Gasteiger partial charge is 0.496 e. The Kier molecular flexibility index (Phi) is 5.20. The number of aromatic nitrogens is 2. The zero-order valence-corrected chi connectivity index (χ0v) is 12.4. The normalized spacial score (nSPS) is 10.0. The van der Waals surface area contributed by atoms with Crippen molar-refractivity contribution in [1.29, 1.82) is 0 Å². The van der Waals surface area contributed by atoms with Gasteiger partial charge in [-0.25, -0.2) is 4.98 Å². The molecule has 0 saturated heterocycles. The summed E-state index contributed by atoms with van der Waals surface area (Å²) < 4.78 is 16.1. The van der Waals surface area contributed by atoms with Gasteiger partial charge in [-0.3, -0.25) is 0 Å². The van der Waals surface area contributed by atoms with Crippen molar-refractivity contribution in [1.82, 2.24) is 9.97 Å². The SMILES string of the molecule is CCCNc1nccc(Oc2cc(OC)cc(OC)c2)n1. The van der Waals surface area contributed by atoms with Gasteiger partial charge >= 0.3 is 0 Å². The first-order valence-electron chi connectivity index (χ1n) is 6.73. The maximum atomic E-state index is 5.73. The molecule has 0 aliphatic carbocycles. The lowest BCUT2D eigenvalue weighted by molar-refractivity contribution is 0.385. The lowest BCUT2D eigenvalue weighted by atomic mass is 10.3. The quantitative estimate of drug-likeness (QED) is 0.845. The maximum Gasteiger partial charge on any atom is 0.225 e. The maximum absolute atomic E-state index is 5.73. The van der Waals surface area contributed by atoms with Crippen LogP contribution in [0, 0.1) is 0 Å². The molecule has 21 heavy (non-hydrogen) atoms. The van der Waals surface area contributed by atoms with E-state index in [-0.39, 0.29) is 0 Å². The summed E-state index contributed by atoms with van der Waals surface area (Å²) in [6, 6.07) is 7.01. The standard InChI is InChI=1S/C15H19N3O3/c1-4-6-16-15-17-7-5-14(18-15)21-13-9-11(19-2)8-12(10-13)20-3/h5,7-10H,4,6H2,1-3H3,(H,16,17,18). The number of nitrogens with zero attached hydrogens (tertiary/aromatic N) is 2. The Morgan fingerprint density at radius 1 is 1.05 bits per heavy atom. The highest BCUT2D eigenvalue weighted by Gasteiger charge is 2.06. The van der Waals surface area contributed by atoms with Crippen molar-refractivity contribution < 1.29 is 14.2 Å². The summed E-state index contributed by atoms with van der Waals surface area (Å²) in [6.45, 7) is 2.90. The van der Waals surface area contributed by atoms with Crippen molar-refractivity contribution in [3.8, 4) is 23.1 Å². The van der Waals surface area contributed by atoms with E-state index in [2.05, 4.69) is 22.2 Å². The number of hydrogen-bond acceptors (Lipinski definition) is 6. The van der Waals surface area contributed by atoms with E-state index in [9.17, 15) is 0 Å². The number of rotatable bonds is 7. The number of benzene rings is 1. The Morgan fingerprint density at radius 2 is 1.71 bits per heavy atom.